The molecule has 4 rings (SSSR count). The fourth-order valence-electron chi connectivity index (χ4n) is 2.68. The van der Waals surface area contributed by atoms with Gasteiger partial charge in [-0.2, -0.15) is 0 Å². The summed E-state index contributed by atoms with van der Waals surface area (Å²) in [5, 5.41) is 3.40. The lowest BCUT2D eigenvalue weighted by molar-refractivity contribution is 0.102. The Kier molecular flexibility index (Phi) is 3.89. The van der Waals surface area contributed by atoms with Crippen molar-refractivity contribution in [1.82, 2.24) is 19.5 Å². The SMILES string of the molecule is Cn1cncc1-c1cc2c(F)c(NC(=O)c3ccccc3)ncc2cn1. The first-order chi connectivity index (χ1) is 12.6. The van der Waals surface area contributed by atoms with Gasteiger partial charge in [0.15, 0.2) is 11.6 Å². The van der Waals surface area contributed by atoms with Crippen LogP contribution < -0.4 is 5.32 Å². The molecule has 1 aromatic carbocycles. The monoisotopic (exact) mass is 347 g/mol. The number of rotatable bonds is 3. The summed E-state index contributed by atoms with van der Waals surface area (Å²) in [7, 11) is 1.84. The van der Waals surface area contributed by atoms with Crippen molar-refractivity contribution in [3.8, 4) is 11.4 Å². The van der Waals surface area contributed by atoms with E-state index in [-0.39, 0.29) is 5.82 Å². The Morgan fingerprint density at radius 1 is 1.12 bits per heavy atom. The van der Waals surface area contributed by atoms with Crippen LogP contribution in [0.3, 0.4) is 0 Å². The Hall–Kier alpha value is -3.61. The van der Waals surface area contributed by atoms with Crippen LogP contribution in [-0.2, 0) is 7.05 Å². The number of halogens is 1. The number of nitrogens with one attached hydrogen (secondary N) is 1. The molecule has 3 aromatic heterocycles. The number of fused-ring (bicyclic) bond motifs is 1. The zero-order valence-electron chi connectivity index (χ0n) is 13.8. The number of carbonyl (C=O) groups excluding carboxylic acids is 1. The number of aromatic nitrogens is 4. The van der Waals surface area contributed by atoms with Gasteiger partial charge in [0.1, 0.15) is 0 Å². The van der Waals surface area contributed by atoms with Crippen LogP contribution in [-0.4, -0.2) is 25.4 Å². The number of anilines is 1. The van der Waals surface area contributed by atoms with E-state index in [1.54, 1.807) is 59.7 Å². The molecule has 0 aliphatic heterocycles. The van der Waals surface area contributed by atoms with E-state index in [0.29, 0.717) is 22.0 Å². The standard InChI is InChI=1S/C19H14FN5O/c1-25-11-21-10-16(25)15-7-14-13(8-22-15)9-23-18(17(14)20)24-19(26)12-5-3-2-4-6-12/h2-11H,1H3,(H,23,24,26). The first-order valence-corrected chi connectivity index (χ1v) is 7.91. The summed E-state index contributed by atoms with van der Waals surface area (Å²) in [6.07, 6.45) is 6.34. The lowest BCUT2D eigenvalue weighted by Crippen LogP contribution is -2.14. The third-order valence-electron chi connectivity index (χ3n) is 4.06. The molecule has 0 fully saturated rings. The van der Waals surface area contributed by atoms with Gasteiger partial charge in [0.2, 0.25) is 0 Å². The average molecular weight is 347 g/mol. The molecule has 3 heterocycles. The molecule has 0 aliphatic carbocycles. The van der Waals surface area contributed by atoms with Crippen molar-refractivity contribution in [2.24, 2.45) is 7.05 Å². The van der Waals surface area contributed by atoms with Crippen molar-refractivity contribution in [3.05, 3.63) is 72.7 Å². The Balaban J connectivity index is 1.74. The molecule has 1 N–H and O–H groups in total. The highest BCUT2D eigenvalue weighted by Crippen LogP contribution is 2.26. The molecule has 26 heavy (non-hydrogen) atoms. The molecule has 0 saturated heterocycles. The lowest BCUT2D eigenvalue weighted by Gasteiger charge is -2.09. The molecule has 0 aliphatic rings. The molecule has 128 valence electrons. The molecule has 6 nitrogen and oxygen atoms in total. The molecule has 0 bridgehead atoms. The number of aryl methyl sites for hydroxylation is 1. The van der Waals surface area contributed by atoms with E-state index < -0.39 is 11.7 Å². The maximum atomic E-state index is 14.9. The molecule has 4 aromatic rings. The predicted octanol–water partition coefficient (Wildman–Crippen LogP) is 3.42. The van der Waals surface area contributed by atoms with Crippen molar-refractivity contribution >= 4 is 22.5 Å². The Morgan fingerprint density at radius 2 is 1.88 bits per heavy atom. The summed E-state index contributed by atoms with van der Waals surface area (Å²) >= 11 is 0. The van der Waals surface area contributed by atoms with Crippen molar-refractivity contribution < 1.29 is 9.18 Å². The summed E-state index contributed by atoms with van der Waals surface area (Å²) in [4.78, 5) is 24.7. The molecule has 0 atom stereocenters. The molecule has 0 saturated carbocycles. The summed E-state index contributed by atoms with van der Waals surface area (Å²) in [5.41, 5.74) is 1.78. The van der Waals surface area contributed by atoms with Crippen LogP contribution in [0.25, 0.3) is 22.2 Å². The third kappa shape index (κ3) is 2.79. The van der Waals surface area contributed by atoms with Crippen molar-refractivity contribution in [3.63, 3.8) is 0 Å². The van der Waals surface area contributed by atoms with E-state index in [9.17, 15) is 9.18 Å². The van der Waals surface area contributed by atoms with Crippen molar-refractivity contribution in [2.75, 3.05) is 5.32 Å². The van der Waals surface area contributed by atoms with E-state index in [2.05, 4.69) is 20.3 Å². The van der Waals surface area contributed by atoms with Gasteiger partial charge >= 0.3 is 0 Å². The van der Waals surface area contributed by atoms with Crippen molar-refractivity contribution in [1.29, 1.82) is 0 Å². The predicted molar refractivity (Wildman–Crippen MR) is 96.1 cm³/mol. The van der Waals surface area contributed by atoms with Gasteiger partial charge in [-0.25, -0.2) is 14.4 Å². The number of amides is 1. The van der Waals surface area contributed by atoms with Gasteiger partial charge in [0.05, 0.1) is 23.9 Å². The number of hydrogen-bond acceptors (Lipinski definition) is 4. The fraction of sp³-hybridized carbons (Fsp3) is 0.0526. The first kappa shape index (κ1) is 15.9. The third-order valence-corrected chi connectivity index (χ3v) is 4.06. The average Bonchev–Trinajstić information content (AvgIpc) is 3.10. The molecule has 7 heteroatoms. The highest BCUT2D eigenvalue weighted by atomic mass is 19.1. The smallest absolute Gasteiger partial charge is 0.256 e. The van der Waals surface area contributed by atoms with Gasteiger partial charge in [0, 0.05) is 35.8 Å². The highest BCUT2D eigenvalue weighted by molar-refractivity contribution is 6.04. The largest absolute Gasteiger partial charge is 0.332 e. The quantitative estimate of drug-likeness (QED) is 0.616. The second kappa shape index (κ2) is 6.36. The number of imidazole rings is 1. The minimum Gasteiger partial charge on any atom is -0.332 e. The molecular weight excluding hydrogens is 333 g/mol. The minimum atomic E-state index is -0.599. The first-order valence-electron chi connectivity index (χ1n) is 7.91. The Morgan fingerprint density at radius 3 is 2.62 bits per heavy atom. The fourth-order valence-corrected chi connectivity index (χ4v) is 2.68. The van der Waals surface area contributed by atoms with Gasteiger partial charge in [0.25, 0.3) is 5.91 Å². The van der Waals surface area contributed by atoms with E-state index >= 15 is 0 Å². The van der Waals surface area contributed by atoms with Gasteiger partial charge in [-0.15, -0.1) is 0 Å². The van der Waals surface area contributed by atoms with Crippen LogP contribution in [0.5, 0.6) is 0 Å². The van der Waals surface area contributed by atoms with Crippen LogP contribution in [0.2, 0.25) is 0 Å². The maximum absolute atomic E-state index is 14.9. The molecule has 0 radical (unpaired) electrons. The van der Waals surface area contributed by atoms with Gasteiger partial charge in [-0.3, -0.25) is 9.78 Å². The number of carbonyl (C=O) groups is 1. The summed E-state index contributed by atoms with van der Waals surface area (Å²) in [5.74, 6) is -1.14. The molecular formula is C19H14FN5O. The molecule has 0 spiro atoms. The summed E-state index contributed by atoms with van der Waals surface area (Å²) in [6.45, 7) is 0. The second-order valence-corrected chi connectivity index (χ2v) is 5.79. The van der Waals surface area contributed by atoms with E-state index in [1.807, 2.05) is 7.05 Å². The van der Waals surface area contributed by atoms with Crippen LogP contribution in [0.15, 0.2) is 61.3 Å². The van der Waals surface area contributed by atoms with Crippen LogP contribution >= 0.6 is 0 Å². The zero-order chi connectivity index (χ0) is 18.1. The summed E-state index contributed by atoms with van der Waals surface area (Å²) in [6, 6.07) is 10.2. The van der Waals surface area contributed by atoms with Gasteiger partial charge < -0.3 is 9.88 Å². The number of nitrogens with zero attached hydrogens (tertiary/aromatic N) is 4. The van der Waals surface area contributed by atoms with E-state index in [1.165, 1.54) is 6.20 Å². The second-order valence-electron chi connectivity index (χ2n) is 5.79. The van der Waals surface area contributed by atoms with Crippen LogP contribution in [0.4, 0.5) is 10.2 Å². The number of pyridine rings is 2. The van der Waals surface area contributed by atoms with E-state index in [0.717, 1.165) is 5.69 Å². The maximum Gasteiger partial charge on any atom is 0.256 e. The Bertz CT molecular complexity index is 1110. The topological polar surface area (TPSA) is 72.7 Å². The Labute approximate surface area is 148 Å². The zero-order valence-corrected chi connectivity index (χ0v) is 13.8. The lowest BCUT2D eigenvalue weighted by atomic mass is 10.1. The summed E-state index contributed by atoms with van der Waals surface area (Å²) < 4.78 is 16.7. The van der Waals surface area contributed by atoms with E-state index in [4.69, 9.17) is 0 Å². The molecule has 1 amide bonds. The minimum absolute atomic E-state index is 0.117. The van der Waals surface area contributed by atoms with Gasteiger partial charge in [-0.05, 0) is 18.2 Å². The highest BCUT2D eigenvalue weighted by Gasteiger charge is 2.15. The van der Waals surface area contributed by atoms with Gasteiger partial charge in [-0.1, -0.05) is 18.2 Å². The van der Waals surface area contributed by atoms with Crippen molar-refractivity contribution in [2.45, 2.75) is 0 Å². The number of hydrogen-bond donors (Lipinski definition) is 1. The van der Waals surface area contributed by atoms with Crippen LogP contribution in [0.1, 0.15) is 10.4 Å². The normalized spacial score (nSPS) is 10.8. The van der Waals surface area contributed by atoms with Crippen LogP contribution in [0, 0.1) is 5.82 Å². The molecule has 0 unspecified atom stereocenters. The number of benzene rings is 1.